The molecule has 3 fully saturated rings. The van der Waals surface area contributed by atoms with Gasteiger partial charge in [0, 0.05) is 38.2 Å². The van der Waals surface area contributed by atoms with E-state index < -0.39 is 0 Å². The molecule has 20 heavy (non-hydrogen) atoms. The van der Waals surface area contributed by atoms with Gasteiger partial charge < -0.3 is 15.4 Å². The van der Waals surface area contributed by atoms with Crippen molar-refractivity contribution in [3.05, 3.63) is 0 Å². The van der Waals surface area contributed by atoms with Crippen LogP contribution in [0.2, 0.25) is 0 Å². The van der Waals surface area contributed by atoms with Crippen LogP contribution in [0.15, 0.2) is 0 Å². The minimum atomic E-state index is 0.0479. The molecular weight excluding hydrogens is 258 g/mol. The molecule has 0 saturated carbocycles. The van der Waals surface area contributed by atoms with Crippen molar-refractivity contribution in [1.29, 1.82) is 0 Å². The van der Waals surface area contributed by atoms with Crippen LogP contribution < -0.4 is 10.6 Å². The zero-order chi connectivity index (χ0) is 13.9. The summed E-state index contributed by atoms with van der Waals surface area (Å²) in [6, 6.07) is 0.552. The minimum absolute atomic E-state index is 0.0479. The highest BCUT2D eigenvalue weighted by Gasteiger charge is 2.38. The second-order valence-corrected chi connectivity index (χ2v) is 6.00. The zero-order valence-electron chi connectivity index (χ0n) is 11.8. The smallest absolute Gasteiger partial charge is 0.234 e. The quantitative estimate of drug-likeness (QED) is 0.738. The highest BCUT2D eigenvalue weighted by molar-refractivity contribution is 5.79. The summed E-state index contributed by atoms with van der Waals surface area (Å²) in [4.78, 5) is 25.8. The maximum absolute atomic E-state index is 12.1. The number of carbonyl (C=O) groups excluding carboxylic acids is 2. The minimum Gasteiger partial charge on any atom is -0.376 e. The van der Waals surface area contributed by atoms with Crippen LogP contribution in [-0.4, -0.2) is 61.1 Å². The molecule has 112 valence electrons. The van der Waals surface area contributed by atoms with Gasteiger partial charge in [-0.2, -0.15) is 0 Å². The first-order valence-electron chi connectivity index (χ1n) is 7.63. The van der Waals surface area contributed by atoms with Crippen molar-refractivity contribution in [2.24, 2.45) is 0 Å². The summed E-state index contributed by atoms with van der Waals surface area (Å²) in [5.74, 6) is 0.161. The molecule has 3 saturated heterocycles. The van der Waals surface area contributed by atoms with Crippen LogP contribution in [0.1, 0.15) is 32.1 Å². The third-order valence-corrected chi connectivity index (χ3v) is 4.60. The Bertz CT molecular complexity index is 382. The number of nitrogens with one attached hydrogen (secondary N) is 2. The predicted octanol–water partition coefficient (Wildman–Crippen LogP) is -0.365. The summed E-state index contributed by atoms with van der Waals surface area (Å²) in [5, 5.41) is 5.89. The molecule has 2 N–H and O–H groups in total. The van der Waals surface area contributed by atoms with E-state index in [1.165, 1.54) is 0 Å². The maximum atomic E-state index is 12.1. The lowest BCUT2D eigenvalue weighted by Crippen LogP contribution is -2.45. The van der Waals surface area contributed by atoms with Crippen LogP contribution in [0.25, 0.3) is 0 Å². The van der Waals surface area contributed by atoms with Crippen molar-refractivity contribution in [3.8, 4) is 0 Å². The fourth-order valence-electron chi connectivity index (χ4n) is 3.48. The second kappa shape index (κ2) is 6.10. The molecule has 0 radical (unpaired) electrons. The molecule has 3 aliphatic heterocycles. The fraction of sp³-hybridized carbons (Fsp3) is 0.857. The molecule has 2 amide bonds. The van der Waals surface area contributed by atoms with E-state index in [0.717, 1.165) is 32.3 Å². The van der Waals surface area contributed by atoms with Crippen LogP contribution in [0.5, 0.6) is 0 Å². The van der Waals surface area contributed by atoms with Gasteiger partial charge in [-0.05, 0) is 25.7 Å². The van der Waals surface area contributed by atoms with E-state index in [1.807, 2.05) is 0 Å². The molecule has 3 heterocycles. The molecular formula is C14H23N3O3. The van der Waals surface area contributed by atoms with Gasteiger partial charge in [0.15, 0.2) is 0 Å². The van der Waals surface area contributed by atoms with Crippen LogP contribution in [0, 0.1) is 0 Å². The van der Waals surface area contributed by atoms with Crippen molar-refractivity contribution < 1.29 is 14.3 Å². The number of rotatable bonds is 4. The average molecular weight is 281 g/mol. The summed E-state index contributed by atoms with van der Waals surface area (Å²) in [5.41, 5.74) is 0. The number of amides is 2. The van der Waals surface area contributed by atoms with Crippen LogP contribution >= 0.6 is 0 Å². The number of fused-ring (bicyclic) bond motifs is 2. The standard InChI is InChI=1S/C14H23N3O3/c18-13-6-10-3-4-11(7-15-13)17(10)9-14(19)16-8-12-2-1-5-20-12/h10-12H,1-9H2,(H,15,18)(H,16,19). The van der Waals surface area contributed by atoms with E-state index in [9.17, 15) is 9.59 Å². The van der Waals surface area contributed by atoms with E-state index in [2.05, 4.69) is 15.5 Å². The number of carbonyl (C=O) groups is 2. The largest absolute Gasteiger partial charge is 0.376 e. The van der Waals surface area contributed by atoms with Gasteiger partial charge in [0.25, 0.3) is 0 Å². The van der Waals surface area contributed by atoms with E-state index in [1.54, 1.807) is 0 Å². The molecule has 3 atom stereocenters. The van der Waals surface area contributed by atoms with Crippen molar-refractivity contribution in [1.82, 2.24) is 15.5 Å². The van der Waals surface area contributed by atoms with Crippen molar-refractivity contribution in [2.75, 3.05) is 26.2 Å². The number of hydrogen-bond donors (Lipinski definition) is 2. The van der Waals surface area contributed by atoms with E-state index in [0.29, 0.717) is 32.1 Å². The van der Waals surface area contributed by atoms with Crippen LogP contribution in [0.3, 0.4) is 0 Å². The Hall–Kier alpha value is -1.14. The SMILES string of the molecule is O=C1CC2CCC(CN1)N2CC(=O)NCC1CCCO1. The molecule has 6 heteroatoms. The highest BCUT2D eigenvalue weighted by atomic mass is 16.5. The molecule has 6 nitrogen and oxygen atoms in total. The lowest BCUT2D eigenvalue weighted by atomic mass is 10.1. The second-order valence-electron chi connectivity index (χ2n) is 6.00. The summed E-state index contributed by atoms with van der Waals surface area (Å²) in [7, 11) is 0. The Morgan fingerprint density at radius 2 is 2.20 bits per heavy atom. The molecule has 3 rings (SSSR count). The monoisotopic (exact) mass is 281 g/mol. The highest BCUT2D eigenvalue weighted by Crippen LogP contribution is 2.27. The van der Waals surface area contributed by atoms with Crippen molar-refractivity contribution in [2.45, 2.75) is 50.3 Å². The van der Waals surface area contributed by atoms with E-state index >= 15 is 0 Å². The Labute approximate surface area is 119 Å². The normalized spacial score (nSPS) is 33.8. The lowest BCUT2D eigenvalue weighted by molar-refractivity contribution is -0.124. The molecule has 0 aromatic rings. The average Bonchev–Trinajstić information content (AvgIpc) is 3.01. The van der Waals surface area contributed by atoms with Crippen molar-refractivity contribution >= 4 is 11.8 Å². The van der Waals surface area contributed by atoms with Gasteiger partial charge in [-0.25, -0.2) is 0 Å². The molecule has 3 unspecified atom stereocenters. The number of nitrogens with zero attached hydrogens (tertiary/aromatic N) is 1. The summed E-state index contributed by atoms with van der Waals surface area (Å²) in [6.07, 6.45) is 4.93. The molecule has 0 aliphatic carbocycles. The zero-order valence-corrected chi connectivity index (χ0v) is 11.8. The van der Waals surface area contributed by atoms with Gasteiger partial charge in [0.2, 0.25) is 11.8 Å². The van der Waals surface area contributed by atoms with Gasteiger partial charge in [0.1, 0.15) is 0 Å². The van der Waals surface area contributed by atoms with Gasteiger partial charge in [-0.15, -0.1) is 0 Å². The topological polar surface area (TPSA) is 70.7 Å². The Morgan fingerprint density at radius 1 is 1.35 bits per heavy atom. The van der Waals surface area contributed by atoms with Gasteiger partial charge in [-0.1, -0.05) is 0 Å². The molecule has 0 aromatic heterocycles. The van der Waals surface area contributed by atoms with Crippen LogP contribution in [0.4, 0.5) is 0 Å². The maximum Gasteiger partial charge on any atom is 0.234 e. The van der Waals surface area contributed by atoms with E-state index in [-0.39, 0.29) is 24.0 Å². The number of ether oxygens (including phenoxy) is 1. The summed E-state index contributed by atoms with van der Waals surface area (Å²) in [6.45, 7) is 2.50. The first-order chi connectivity index (χ1) is 9.72. The summed E-state index contributed by atoms with van der Waals surface area (Å²) >= 11 is 0. The first-order valence-corrected chi connectivity index (χ1v) is 7.63. The number of hydrogen-bond acceptors (Lipinski definition) is 4. The van der Waals surface area contributed by atoms with Crippen molar-refractivity contribution in [3.63, 3.8) is 0 Å². The first kappa shape index (κ1) is 13.8. The third kappa shape index (κ3) is 3.12. The third-order valence-electron chi connectivity index (χ3n) is 4.60. The van der Waals surface area contributed by atoms with Gasteiger partial charge in [0.05, 0.1) is 12.6 Å². The Morgan fingerprint density at radius 3 is 3.00 bits per heavy atom. The predicted molar refractivity (Wildman–Crippen MR) is 73.1 cm³/mol. The lowest BCUT2D eigenvalue weighted by Gasteiger charge is -2.26. The van der Waals surface area contributed by atoms with Crippen LogP contribution in [-0.2, 0) is 14.3 Å². The Kier molecular flexibility index (Phi) is 4.21. The Balaban J connectivity index is 1.48. The fourth-order valence-corrected chi connectivity index (χ4v) is 3.48. The van der Waals surface area contributed by atoms with Gasteiger partial charge in [-0.3, -0.25) is 14.5 Å². The molecule has 2 bridgehead atoms. The summed E-state index contributed by atoms with van der Waals surface area (Å²) < 4.78 is 5.50. The van der Waals surface area contributed by atoms with E-state index in [4.69, 9.17) is 4.74 Å². The molecule has 0 spiro atoms. The molecule has 3 aliphatic rings. The molecule has 0 aromatic carbocycles. The van der Waals surface area contributed by atoms with Gasteiger partial charge >= 0.3 is 0 Å².